The molecule has 4 aromatic rings. The number of nitrogens with one attached hydrogen (secondary N) is 1. The van der Waals surface area contributed by atoms with Gasteiger partial charge in [0.05, 0.1) is 28.3 Å². The molecule has 0 saturated heterocycles. The summed E-state index contributed by atoms with van der Waals surface area (Å²) in [5.41, 5.74) is 5.29. The van der Waals surface area contributed by atoms with Gasteiger partial charge in [-0.2, -0.15) is 0 Å². The van der Waals surface area contributed by atoms with Crippen LogP contribution in [0.1, 0.15) is 44.8 Å². The molecule has 1 aromatic carbocycles. The van der Waals surface area contributed by atoms with Crippen LogP contribution in [0.4, 0.5) is 5.69 Å². The summed E-state index contributed by atoms with van der Waals surface area (Å²) in [6, 6.07) is 26.6. The van der Waals surface area contributed by atoms with Crippen molar-refractivity contribution in [3.05, 3.63) is 108 Å². The van der Waals surface area contributed by atoms with E-state index >= 15 is 0 Å². The van der Waals surface area contributed by atoms with Gasteiger partial charge in [0, 0.05) is 29.1 Å². The van der Waals surface area contributed by atoms with E-state index in [-0.39, 0.29) is 11.0 Å². The van der Waals surface area contributed by atoms with Gasteiger partial charge in [-0.05, 0) is 76.2 Å². The molecule has 4 rings (SSSR count). The van der Waals surface area contributed by atoms with E-state index in [1.807, 2.05) is 42.6 Å². The molecule has 4 heteroatoms. The van der Waals surface area contributed by atoms with E-state index < -0.39 is 0 Å². The third-order valence-electron chi connectivity index (χ3n) is 5.61. The van der Waals surface area contributed by atoms with Crippen LogP contribution in [0, 0.1) is 0 Å². The zero-order valence-electron chi connectivity index (χ0n) is 18.5. The Hall–Kier alpha value is -3.53. The Labute approximate surface area is 184 Å². The predicted molar refractivity (Wildman–Crippen MR) is 127 cm³/mol. The van der Waals surface area contributed by atoms with Crippen molar-refractivity contribution in [2.45, 2.75) is 38.6 Å². The van der Waals surface area contributed by atoms with E-state index in [0.29, 0.717) is 0 Å². The summed E-state index contributed by atoms with van der Waals surface area (Å²) in [5, 5.41) is 3.60. The van der Waals surface area contributed by atoms with Crippen LogP contribution < -0.4 is 5.32 Å². The minimum Gasteiger partial charge on any atom is -0.375 e. The van der Waals surface area contributed by atoms with E-state index in [9.17, 15) is 0 Å². The molecule has 1 N–H and O–H groups in total. The Morgan fingerprint density at radius 2 is 1.32 bits per heavy atom. The van der Waals surface area contributed by atoms with Crippen molar-refractivity contribution in [2.24, 2.45) is 0 Å². The molecule has 0 unspecified atom stereocenters. The number of hydrogen-bond acceptors (Lipinski definition) is 4. The summed E-state index contributed by atoms with van der Waals surface area (Å²) in [6.07, 6.45) is 3.62. The fourth-order valence-electron chi connectivity index (χ4n) is 3.67. The second kappa shape index (κ2) is 8.31. The van der Waals surface area contributed by atoms with E-state index in [2.05, 4.69) is 80.5 Å². The van der Waals surface area contributed by atoms with Gasteiger partial charge in [-0.1, -0.05) is 30.3 Å². The summed E-state index contributed by atoms with van der Waals surface area (Å²) in [4.78, 5) is 14.3. The second-order valence-electron chi connectivity index (χ2n) is 8.80. The minimum atomic E-state index is -0.350. The molecule has 0 amide bonds. The van der Waals surface area contributed by atoms with Gasteiger partial charge in [0.1, 0.15) is 0 Å². The highest BCUT2D eigenvalue weighted by molar-refractivity contribution is 5.58. The fourth-order valence-corrected chi connectivity index (χ4v) is 3.67. The number of para-hydroxylation sites is 1. The van der Waals surface area contributed by atoms with E-state index in [1.165, 1.54) is 0 Å². The molecule has 0 aliphatic carbocycles. The molecule has 0 aliphatic heterocycles. The molecular weight excluding hydrogens is 380 g/mol. The van der Waals surface area contributed by atoms with Gasteiger partial charge in [0.2, 0.25) is 0 Å². The van der Waals surface area contributed by atoms with Crippen molar-refractivity contribution >= 4 is 5.69 Å². The smallest absolute Gasteiger partial charge is 0.0739 e. The Kier molecular flexibility index (Phi) is 5.55. The number of pyridine rings is 3. The van der Waals surface area contributed by atoms with Crippen LogP contribution in [0.15, 0.2) is 91.3 Å². The number of nitrogens with zero attached hydrogens (tertiary/aromatic N) is 3. The van der Waals surface area contributed by atoms with Crippen LogP contribution in [0.5, 0.6) is 0 Å². The van der Waals surface area contributed by atoms with Gasteiger partial charge >= 0.3 is 0 Å². The SMILES string of the molecule is CC(C)(Nc1ccccc1)c1cccc(C(C)(C)c2cccc(-c3cccnc3)n2)n1. The summed E-state index contributed by atoms with van der Waals surface area (Å²) in [5.74, 6) is 0. The molecular formula is C27H28N4. The lowest BCUT2D eigenvalue weighted by Crippen LogP contribution is -2.31. The first-order chi connectivity index (χ1) is 14.9. The Balaban J connectivity index is 1.67. The molecule has 0 aliphatic rings. The fraction of sp³-hybridized carbons (Fsp3) is 0.222. The van der Waals surface area contributed by atoms with Crippen LogP contribution in [-0.2, 0) is 11.0 Å². The van der Waals surface area contributed by atoms with E-state index in [0.717, 1.165) is 34.0 Å². The molecule has 0 fully saturated rings. The van der Waals surface area contributed by atoms with Crippen molar-refractivity contribution in [1.82, 2.24) is 15.0 Å². The van der Waals surface area contributed by atoms with Crippen molar-refractivity contribution in [3.63, 3.8) is 0 Å². The third-order valence-corrected chi connectivity index (χ3v) is 5.61. The summed E-state index contributed by atoms with van der Waals surface area (Å²) in [6.45, 7) is 8.65. The average molecular weight is 409 g/mol. The lowest BCUT2D eigenvalue weighted by molar-refractivity contribution is 0.553. The number of hydrogen-bond donors (Lipinski definition) is 1. The molecule has 31 heavy (non-hydrogen) atoms. The standard InChI is InChI=1S/C27H28N4/c1-26(2,23-15-8-14-22(29-23)20-11-10-18-28-19-20)24-16-9-17-25(30-24)27(3,4)31-21-12-6-5-7-13-21/h5-19,31H,1-4H3. The Bertz CT molecular complexity index is 1150. The van der Waals surface area contributed by atoms with Crippen LogP contribution in [0.3, 0.4) is 0 Å². The largest absolute Gasteiger partial charge is 0.375 e. The molecule has 0 atom stereocenters. The summed E-state index contributed by atoms with van der Waals surface area (Å²) in [7, 11) is 0. The van der Waals surface area contributed by atoms with Gasteiger partial charge < -0.3 is 5.32 Å². The first-order valence-corrected chi connectivity index (χ1v) is 10.6. The van der Waals surface area contributed by atoms with E-state index in [1.54, 1.807) is 6.20 Å². The maximum Gasteiger partial charge on any atom is 0.0739 e. The zero-order chi connectivity index (χ0) is 21.9. The first kappa shape index (κ1) is 20.7. The maximum absolute atomic E-state index is 5.08. The Morgan fingerprint density at radius 3 is 2.03 bits per heavy atom. The molecule has 0 saturated carbocycles. The lowest BCUT2D eigenvalue weighted by atomic mass is 9.83. The predicted octanol–water partition coefficient (Wildman–Crippen LogP) is 6.21. The molecule has 0 radical (unpaired) electrons. The molecule has 4 nitrogen and oxygen atoms in total. The zero-order valence-corrected chi connectivity index (χ0v) is 18.5. The van der Waals surface area contributed by atoms with E-state index in [4.69, 9.17) is 9.97 Å². The Morgan fingerprint density at radius 1 is 0.645 bits per heavy atom. The molecule has 0 bridgehead atoms. The highest BCUT2D eigenvalue weighted by Gasteiger charge is 2.29. The second-order valence-corrected chi connectivity index (χ2v) is 8.80. The van der Waals surface area contributed by atoms with Crippen LogP contribution in [0.25, 0.3) is 11.3 Å². The van der Waals surface area contributed by atoms with Crippen LogP contribution in [-0.4, -0.2) is 15.0 Å². The van der Waals surface area contributed by atoms with Gasteiger partial charge in [-0.3, -0.25) is 15.0 Å². The maximum atomic E-state index is 5.08. The lowest BCUT2D eigenvalue weighted by Gasteiger charge is -2.30. The summed E-state index contributed by atoms with van der Waals surface area (Å²) < 4.78 is 0. The van der Waals surface area contributed by atoms with Crippen LogP contribution >= 0.6 is 0 Å². The molecule has 3 heterocycles. The van der Waals surface area contributed by atoms with Crippen molar-refractivity contribution < 1.29 is 0 Å². The van der Waals surface area contributed by atoms with Gasteiger partial charge in [0.25, 0.3) is 0 Å². The first-order valence-electron chi connectivity index (χ1n) is 10.6. The summed E-state index contributed by atoms with van der Waals surface area (Å²) >= 11 is 0. The minimum absolute atomic E-state index is 0.321. The average Bonchev–Trinajstić information content (AvgIpc) is 2.80. The molecule has 3 aromatic heterocycles. The van der Waals surface area contributed by atoms with Crippen LogP contribution in [0.2, 0.25) is 0 Å². The van der Waals surface area contributed by atoms with Crippen molar-refractivity contribution in [1.29, 1.82) is 0 Å². The van der Waals surface area contributed by atoms with Crippen molar-refractivity contribution in [3.8, 4) is 11.3 Å². The third kappa shape index (κ3) is 4.48. The van der Waals surface area contributed by atoms with Gasteiger partial charge in [0.15, 0.2) is 0 Å². The van der Waals surface area contributed by atoms with Gasteiger partial charge in [-0.25, -0.2) is 0 Å². The molecule has 0 spiro atoms. The number of benzene rings is 1. The van der Waals surface area contributed by atoms with Gasteiger partial charge in [-0.15, -0.1) is 0 Å². The van der Waals surface area contributed by atoms with Crippen molar-refractivity contribution in [2.75, 3.05) is 5.32 Å². The highest BCUT2D eigenvalue weighted by Crippen LogP contribution is 2.32. The number of rotatable bonds is 6. The quantitative estimate of drug-likeness (QED) is 0.412. The topological polar surface area (TPSA) is 50.7 Å². The number of aromatic nitrogens is 3. The highest BCUT2D eigenvalue weighted by atomic mass is 15.0. The normalized spacial score (nSPS) is 11.9. The molecule has 156 valence electrons. The number of anilines is 1. The monoisotopic (exact) mass is 408 g/mol.